The van der Waals surface area contributed by atoms with Crippen LogP contribution in [0.5, 0.6) is 11.6 Å². The van der Waals surface area contributed by atoms with Crippen LogP contribution < -0.4 is 16.1 Å². The summed E-state index contributed by atoms with van der Waals surface area (Å²) in [5, 5.41) is 21.7. The van der Waals surface area contributed by atoms with Gasteiger partial charge in [-0.25, -0.2) is 9.98 Å². The van der Waals surface area contributed by atoms with Crippen LogP contribution >= 0.6 is 23.6 Å². The summed E-state index contributed by atoms with van der Waals surface area (Å²) in [5.74, 6) is -0.566. The van der Waals surface area contributed by atoms with E-state index in [1.807, 2.05) is 24.3 Å². The van der Waals surface area contributed by atoms with E-state index in [0.29, 0.717) is 10.7 Å². The van der Waals surface area contributed by atoms with Gasteiger partial charge in [0.2, 0.25) is 5.88 Å². The van der Waals surface area contributed by atoms with Crippen molar-refractivity contribution >= 4 is 35.5 Å². The van der Waals surface area contributed by atoms with E-state index in [-0.39, 0.29) is 21.1 Å². The molecule has 2 aromatic carbocycles. The van der Waals surface area contributed by atoms with Gasteiger partial charge in [-0.05, 0) is 36.5 Å². The lowest BCUT2D eigenvalue weighted by Crippen LogP contribution is -2.22. The van der Waals surface area contributed by atoms with Crippen molar-refractivity contribution in [2.75, 3.05) is 5.43 Å². The molecule has 3 N–H and O–H groups in total. The number of hydrogen-bond acceptors (Lipinski definition) is 7. The molecule has 0 fully saturated rings. The van der Waals surface area contributed by atoms with Crippen LogP contribution in [0.4, 0.5) is 0 Å². The fraction of sp³-hybridized carbons (Fsp3) is 0. The Labute approximate surface area is 161 Å². The molecule has 0 spiro atoms. The zero-order valence-corrected chi connectivity index (χ0v) is 15.3. The maximum atomic E-state index is 12.3. The van der Waals surface area contributed by atoms with Crippen LogP contribution in [0.2, 0.25) is 0 Å². The van der Waals surface area contributed by atoms with Crippen molar-refractivity contribution in [2.24, 2.45) is 9.98 Å². The first-order valence-electron chi connectivity index (χ1n) is 7.81. The molecule has 0 saturated heterocycles. The Hall–Kier alpha value is -3.30. The second-order valence-electron chi connectivity index (χ2n) is 5.56. The van der Waals surface area contributed by atoms with Gasteiger partial charge in [0.15, 0.2) is 9.78 Å². The summed E-state index contributed by atoms with van der Waals surface area (Å²) in [4.78, 5) is 21.5. The van der Waals surface area contributed by atoms with E-state index in [1.165, 1.54) is 12.1 Å². The van der Waals surface area contributed by atoms with E-state index in [4.69, 9.17) is 12.2 Å². The Kier molecular flexibility index (Phi) is 4.30. The highest BCUT2D eigenvalue weighted by atomic mass is 32.1. The number of nitrogens with one attached hydrogen (secondary N) is 1. The van der Waals surface area contributed by atoms with Gasteiger partial charge in [0.1, 0.15) is 5.75 Å². The molecule has 134 valence electrons. The molecule has 0 saturated carbocycles. The average Bonchev–Trinajstić information content (AvgIpc) is 3.17. The third kappa shape index (κ3) is 3.25. The minimum Gasteiger partial charge on any atom is -0.507 e. The summed E-state index contributed by atoms with van der Waals surface area (Å²) < 4.78 is 1.32. The standard InChI is InChI=1S/C18H12N4O3S2/c23-13-8-4-1-5-10(13)16(24)21-22-17(25)14(27-18(22)26)9-15-19-11-6-2-3-7-12(11)20-15/h1-9,23,25H,(H,21,24). The van der Waals surface area contributed by atoms with E-state index < -0.39 is 5.91 Å². The Bertz CT molecular complexity index is 1240. The highest BCUT2D eigenvalue weighted by molar-refractivity contribution is 7.73. The van der Waals surface area contributed by atoms with Crippen LogP contribution in [0.3, 0.4) is 0 Å². The van der Waals surface area contributed by atoms with Crippen LogP contribution in [0.25, 0.3) is 6.08 Å². The van der Waals surface area contributed by atoms with Crippen molar-refractivity contribution in [3.8, 4) is 11.6 Å². The van der Waals surface area contributed by atoms with Gasteiger partial charge in [-0.1, -0.05) is 35.6 Å². The van der Waals surface area contributed by atoms with Crippen molar-refractivity contribution in [2.45, 2.75) is 0 Å². The third-order valence-corrected chi connectivity index (χ3v) is 5.10. The first-order chi connectivity index (χ1) is 13.0. The van der Waals surface area contributed by atoms with Crippen LogP contribution in [-0.4, -0.2) is 20.8 Å². The van der Waals surface area contributed by atoms with E-state index in [0.717, 1.165) is 26.7 Å². The summed E-state index contributed by atoms with van der Waals surface area (Å²) in [6.07, 6.45) is 1.60. The molecular weight excluding hydrogens is 384 g/mol. The monoisotopic (exact) mass is 396 g/mol. The lowest BCUT2D eigenvalue weighted by Gasteiger charge is -2.08. The van der Waals surface area contributed by atoms with Gasteiger partial charge >= 0.3 is 0 Å². The molecule has 3 aromatic rings. The quantitative estimate of drug-likeness (QED) is 0.592. The van der Waals surface area contributed by atoms with Gasteiger partial charge in [0.25, 0.3) is 5.91 Å². The van der Waals surface area contributed by atoms with Crippen molar-refractivity contribution < 1.29 is 15.0 Å². The summed E-state index contributed by atoms with van der Waals surface area (Å²) in [7, 11) is 0. The number of phenols is 1. The van der Waals surface area contributed by atoms with Crippen molar-refractivity contribution in [3.63, 3.8) is 0 Å². The number of carbonyl (C=O) groups excluding carboxylic acids is 1. The van der Waals surface area contributed by atoms with Gasteiger partial charge in [0.05, 0.1) is 21.2 Å². The number of aromatic nitrogens is 1. The second kappa shape index (κ2) is 6.78. The van der Waals surface area contributed by atoms with Crippen LogP contribution in [0, 0.1) is 3.95 Å². The third-order valence-electron chi connectivity index (χ3n) is 3.79. The van der Waals surface area contributed by atoms with Crippen molar-refractivity contribution in [1.29, 1.82) is 0 Å². The van der Waals surface area contributed by atoms with Crippen LogP contribution in [0.15, 0.2) is 64.3 Å². The number of fused-ring (bicyclic) bond motifs is 1. The number of carbonyl (C=O) groups is 1. The molecular formula is C18H12N4O3S2. The van der Waals surface area contributed by atoms with Gasteiger partial charge in [-0.2, -0.15) is 4.68 Å². The minimum atomic E-state index is -0.598. The van der Waals surface area contributed by atoms with Gasteiger partial charge < -0.3 is 10.2 Å². The summed E-state index contributed by atoms with van der Waals surface area (Å²) in [5.41, 5.74) is 2.55. The van der Waals surface area contributed by atoms with Gasteiger partial charge in [-0.3, -0.25) is 10.2 Å². The Morgan fingerprint density at radius 3 is 2.37 bits per heavy atom. The second-order valence-corrected chi connectivity index (χ2v) is 7.24. The smallest absolute Gasteiger partial charge is 0.274 e. The normalized spacial score (nSPS) is 12.1. The predicted molar refractivity (Wildman–Crippen MR) is 103 cm³/mol. The number of hydrogen-bond donors (Lipinski definition) is 3. The lowest BCUT2D eigenvalue weighted by atomic mass is 10.2. The summed E-state index contributed by atoms with van der Waals surface area (Å²) in [6, 6.07) is 13.5. The molecule has 1 aliphatic rings. The first kappa shape index (κ1) is 17.1. The van der Waals surface area contributed by atoms with Crippen LogP contribution in [0.1, 0.15) is 15.2 Å². The summed E-state index contributed by atoms with van der Waals surface area (Å²) >= 11 is 6.33. The number of benzene rings is 2. The number of para-hydroxylation sites is 3. The Morgan fingerprint density at radius 1 is 1.07 bits per heavy atom. The topological polar surface area (TPSA) is 99.2 Å². The largest absolute Gasteiger partial charge is 0.507 e. The fourth-order valence-electron chi connectivity index (χ4n) is 2.51. The van der Waals surface area contributed by atoms with E-state index in [9.17, 15) is 15.0 Å². The molecule has 1 aromatic heterocycles. The average molecular weight is 396 g/mol. The zero-order valence-electron chi connectivity index (χ0n) is 13.7. The molecule has 0 radical (unpaired) electrons. The Balaban J connectivity index is 1.66. The maximum Gasteiger partial charge on any atom is 0.274 e. The maximum absolute atomic E-state index is 12.3. The van der Waals surface area contributed by atoms with E-state index in [1.54, 1.807) is 18.2 Å². The SMILES string of the molecule is O=C(Nn1c(O)c(C=C2N=c3ccccc3=N2)sc1=S)c1ccccc1O. The summed E-state index contributed by atoms with van der Waals surface area (Å²) in [6.45, 7) is 0. The number of amides is 1. The molecule has 1 amide bonds. The molecule has 27 heavy (non-hydrogen) atoms. The van der Waals surface area contributed by atoms with Crippen molar-refractivity contribution in [1.82, 2.24) is 4.68 Å². The minimum absolute atomic E-state index is 0.0705. The zero-order chi connectivity index (χ0) is 19.0. The van der Waals surface area contributed by atoms with Gasteiger partial charge in [0, 0.05) is 6.08 Å². The highest BCUT2D eigenvalue weighted by Gasteiger charge is 2.16. The highest BCUT2D eigenvalue weighted by Crippen LogP contribution is 2.28. The Morgan fingerprint density at radius 2 is 1.70 bits per heavy atom. The molecule has 0 atom stereocenters. The molecule has 0 unspecified atom stereocenters. The number of phenolic OH excluding ortho intramolecular Hbond substituents is 1. The molecule has 9 heteroatoms. The molecule has 2 heterocycles. The molecule has 7 nitrogen and oxygen atoms in total. The molecule has 1 aliphatic heterocycles. The number of rotatable bonds is 3. The molecule has 0 aliphatic carbocycles. The fourth-order valence-corrected chi connectivity index (χ4v) is 3.67. The van der Waals surface area contributed by atoms with E-state index >= 15 is 0 Å². The van der Waals surface area contributed by atoms with E-state index in [2.05, 4.69) is 15.4 Å². The lowest BCUT2D eigenvalue weighted by molar-refractivity contribution is 0.100. The first-order valence-corrected chi connectivity index (χ1v) is 9.04. The molecule has 0 bridgehead atoms. The van der Waals surface area contributed by atoms with Crippen molar-refractivity contribution in [3.05, 3.63) is 79.5 Å². The number of thiazole rings is 1. The number of aromatic hydroxyl groups is 2. The predicted octanol–water partition coefficient (Wildman–Crippen LogP) is 2.33. The van der Waals surface area contributed by atoms with Crippen LogP contribution in [-0.2, 0) is 0 Å². The number of nitrogens with zero attached hydrogens (tertiary/aromatic N) is 3. The molecule has 4 rings (SSSR count). The van der Waals surface area contributed by atoms with Gasteiger partial charge in [-0.15, -0.1) is 0 Å².